The van der Waals surface area contributed by atoms with Crippen molar-refractivity contribution in [2.75, 3.05) is 9.80 Å². The number of hydrogen-bond acceptors (Lipinski definition) is 8. The van der Waals surface area contributed by atoms with Crippen LogP contribution in [0.15, 0.2) is 226 Å². The van der Waals surface area contributed by atoms with Crippen LogP contribution in [0.25, 0.3) is 109 Å². The van der Waals surface area contributed by atoms with Crippen LogP contribution in [0.2, 0.25) is 0 Å². The average Bonchev–Trinajstić information content (AvgIpc) is 4.08. The summed E-state index contributed by atoms with van der Waals surface area (Å²) in [6, 6.07) is 69.8. The van der Waals surface area contributed by atoms with Gasteiger partial charge in [-0.1, -0.05) is 97.1 Å². The molecule has 0 unspecified atom stereocenters. The molecule has 0 spiro atoms. The minimum atomic E-state index is 0.448. The topological polar surface area (TPSA) is 84.6 Å². The minimum Gasteiger partial charge on any atom is -0.456 e. The van der Waals surface area contributed by atoms with Crippen molar-refractivity contribution in [3.05, 3.63) is 213 Å². The average molecular weight is 886 g/mol. The fourth-order valence-corrected chi connectivity index (χ4v) is 10.3. The molecule has 15 rings (SSSR count). The Kier molecular flexibility index (Phi) is 7.91. The zero-order valence-electron chi connectivity index (χ0n) is 36.7. The molecule has 8 nitrogen and oxygen atoms in total. The molecule has 0 radical (unpaired) electrons. The highest BCUT2D eigenvalue weighted by Crippen LogP contribution is 2.43. The van der Waals surface area contributed by atoms with Gasteiger partial charge in [-0.25, -0.2) is 9.97 Å². The van der Waals surface area contributed by atoms with Crippen molar-refractivity contribution in [2.45, 2.75) is 0 Å². The van der Waals surface area contributed by atoms with Gasteiger partial charge in [0.2, 0.25) is 11.7 Å². The number of furan rings is 3. The van der Waals surface area contributed by atoms with Crippen molar-refractivity contribution >= 4 is 144 Å². The highest BCUT2D eigenvalue weighted by molar-refractivity contribution is 6.09. The highest BCUT2D eigenvalue weighted by Gasteiger charge is 2.23. The Bertz CT molecular complexity index is 4320. The highest BCUT2D eigenvalue weighted by atomic mass is 16.3. The van der Waals surface area contributed by atoms with E-state index in [1.165, 1.54) is 21.5 Å². The van der Waals surface area contributed by atoms with Gasteiger partial charge in [0.15, 0.2) is 0 Å². The SMILES string of the molecule is c1ccc2cc3cc(N(c4ccc5c(c4)oc4ccccc45)c4cc5oc6nc(N(c7ccc8cc9ccccc9cc8c7)c7ccc8c(c7)oc7ccccc78)ncc6c5cn4)ccc3cc2c1. The van der Waals surface area contributed by atoms with Crippen LogP contribution in [-0.2, 0) is 0 Å². The fourth-order valence-electron chi connectivity index (χ4n) is 10.3. The van der Waals surface area contributed by atoms with E-state index in [0.29, 0.717) is 23.1 Å². The van der Waals surface area contributed by atoms with Gasteiger partial charge in [-0.15, -0.1) is 0 Å². The smallest absolute Gasteiger partial charge is 0.237 e. The molecule has 69 heavy (non-hydrogen) atoms. The quantitative estimate of drug-likeness (QED) is 0.153. The Morgan fingerprint density at radius 2 is 0.725 bits per heavy atom. The molecule has 0 atom stereocenters. The van der Waals surface area contributed by atoms with Gasteiger partial charge in [-0.05, 0) is 128 Å². The predicted octanol–water partition coefficient (Wildman–Crippen LogP) is 17.1. The lowest BCUT2D eigenvalue weighted by Gasteiger charge is -2.24. The lowest BCUT2D eigenvalue weighted by atomic mass is 10.0. The van der Waals surface area contributed by atoms with E-state index >= 15 is 0 Å². The second-order valence-electron chi connectivity index (χ2n) is 17.7. The van der Waals surface area contributed by atoms with Crippen LogP contribution in [0, 0.1) is 0 Å². The third-order valence-corrected chi connectivity index (χ3v) is 13.7. The summed E-state index contributed by atoms with van der Waals surface area (Å²) in [5.74, 6) is 1.13. The molecule has 8 heteroatoms. The number of para-hydroxylation sites is 2. The van der Waals surface area contributed by atoms with Crippen LogP contribution in [0.4, 0.5) is 34.5 Å². The molecule has 0 amide bonds. The number of anilines is 6. The van der Waals surface area contributed by atoms with Gasteiger partial charge in [-0.3, -0.25) is 9.80 Å². The van der Waals surface area contributed by atoms with Crippen molar-refractivity contribution in [1.29, 1.82) is 0 Å². The van der Waals surface area contributed by atoms with E-state index in [1.807, 2.05) is 54.9 Å². The van der Waals surface area contributed by atoms with Gasteiger partial charge in [0.05, 0.1) is 22.1 Å². The van der Waals surface area contributed by atoms with Gasteiger partial charge in [0.25, 0.3) is 0 Å². The van der Waals surface area contributed by atoms with Crippen molar-refractivity contribution in [3.63, 3.8) is 0 Å². The Balaban J connectivity index is 0.887. The van der Waals surface area contributed by atoms with E-state index in [0.717, 1.165) is 98.9 Å². The summed E-state index contributed by atoms with van der Waals surface area (Å²) >= 11 is 0. The Labute approximate surface area is 392 Å². The van der Waals surface area contributed by atoms with Gasteiger partial charge in [0, 0.05) is 63.5 Å². The van der Waals surface area contributed by atoms with E-state index in [4.69, 9.17) is 28.2 Å². The molecule has 0 saturated carbocycles. The van der Waals surface area contributed by atoms with E-state index in [2.05, 4.69) is 168 Å². The van der Waals surface area contributed by atoms with Crippen molar-refractivity contribution in [1.82, 2.24) is 15.0 Å². The normalized spacial score (nSPS) is 12.1. The molecule has 10 aromatic carbocycles. The van der Waals surface area contributed by atoms with Gasteiger partial charge in [-0.2, -0.15) is 4.98 Å². The molecule has 0 aliphatic heterocycles. The van der Waals surface area contributed by atoms with Crippen LogP contribution in [0.5, 0.6) is 0 Å². The number of aromatic nitrogens is 3. The maximum atomic E-state index is 6.75. The molecule has 0 bridgehead atoms. The monoisotopic (exact) mass is 885 g/mol. The molecular weight excluding hydrogens is 851 g/mol. The maximum Gasteiger partial charge on any atom is 0.237 e. The fraction of sp³-hybridized carbons (Fsp3) is 0. The zero-order chi connectivity index (χ0) is 45.2. The number of pyridine rings is 1. The third kappa shape index (κ3) is 5.99. The lowest BCUT2D eigenvalue weighted by Crippen LogP contribution is -2.13. The first-order valence-electron chi connectivity index (χ1n) is 23.0. The van der Waals surface area contributed by atoms with Crippen molar-refractivity contribution < 1.29 is 13.3 Å². The van der Waals surface area contributed by atoms with E-state index in [1.54, 1.807) is 0 Å². The molecule has 0 saturated heterocycles. The first-order chi connectivity index (χ1) is 34.1. The minimum absolute atomic E-state index is 0.448. The largest absolute Gasteiger partial charge is 0.456 e. The number of hydrogen-bond donors (Lipinski definition) is 0. The molecule has 5 heterocycles. The van der Waals surface area contributed by atoms with Gasteiger partial charge in [0.1, 0.15) is 33.7 Å². The zero-order valence-corrected chi connectivity index (χ0v) is 36.7. The summed E-state index contributed by atoms with van der Waals surface area (Å²) in [6.07, 6.45) is 3.70. The van der Waals surface area contributed by atoms with Crippen LogP contribution in [-0.4, -0.2) is 15.0 Å². The Morgan fingerprint density at radius 1 is 0.290 bits per heavy atom. The van der Waals surface area contributed by atoms with E-state index < -0.39 is 0 Å². The van der Waals surface area contributed by atoms with E-state index in [-0.39, 0.29) is 0 Å². The van der Waals surface area contributed by atoms with E-state index in [9.17, 15) is 0 Å². The molecule has 0 N–H and O–H groups in total. The number of fused-ring (bicyclic) bond motifs is 13. The van der Waals surface area contributed by atoms with Crippen LogP contribution < -0.4 is 9.80 Å². The molecule has 322 valence electrons. The molecular formula is C61H35N5O3. The van der Waals surface area contributed by atoms with Gasteiger partial charge >= 0.3 is 0 Å². The Morgan fingerprint density at radius 3 is 1.32 bits per heavy atom. The number of rotatable bonds is 6. The second kappa shape index (κ2) is 14.5. The molecule has 0 fully saturated rings. The predicted molar refractivity (Wildman–Crippen MR) is 281 cm³/mol. The summed E-state index contributed by atoms with van der Waals surface area (Å²) < 4.78 is 19.6. The first-order valence-corrected chi connectivity index (χ1v) is 23.0. The van der Waals surface area contributed by atoms with Crippen LogP contribution in [0.3, 0.4) is 0 Å². The first kappa shape index (κ1) is 37.7. The summed E-state index contributed by atoms with van der Waals surface area (Å²) in [5, 5.41) is 15.1. The Hall–Kier alpha value is -9.53. The molecule has 0 aliphatic carbocycles. The van der Waals surface area contributed by atoms with Gasteiger partial charge < -0.3 is 13.3 Å². The molecule has 15 aromatic rings. The molecule has 5 aromatic heterocycles. The number of nitrogens with zero attached hydrogens (tertiary/aromatic N) is 5. The summed E-state index contributed by atoms with van der Waals surface area (Å²) in [7, 11) is 0. The number of benzene rings is 10. The van der Waals surface area contributed by atoms with Crippen molar-refractivity contribution in [2.24, 2.45) is 0 Å². The summed E-state index contributed by atoms with van der Waals surface area (Å²) in [6.45, 7) is 0. The second-order valence-corrected chi connectivity index (χ2v) is 17.7. The lowest BCUT2D eigenvalue weighted by molar-refractivity contribution is 0.652. The van der Waals surface area contributed by atoms with Crippen molar-refractivity contribution in [3.8, 4) is 0 Å². The molecule has 0 aliphatic rings. The van der Waals surface area contributed by atoms with Crippen LogP contribution >= 0.6 is 0 Å². The van der Waals surface area contributed by atoms with Crippen LogP contribution in [0.1, 0.15) is 0 Å². The third-order valence-electron chi connectivity index (χ3n) is 13.7. The summed E-state index contributed by atoms with van der Waals surface area (Å²) in [4.78, 5) is 19.6. The maximum absolute atomic E-state index is 6.75. The summed E-state index contributed by atoms with van der Waals surface area (Å²) in [5.41, 5.74) is 7.92. The standard InChI is InChI=1S/C61H35N5O3/c1-3-11-38-27-42-29-44(19-17-40(42)25-36(38)9-1)65(46-21-23-50-48-13-5-7-15-54(48)67-56(50)31-46)59-33-58-52(34-62-59)53-35-63-61(64-60(53)69-58)66(47-22-24-51-49-14-6-8-16-55(49)68-57(51)32-47)45-20-18-41-26-37-10-2-4-12-39(37)28-43(41)30-45/h1-35H.